The summed E-state index contributed by atoms with van der Waals surface area (Å²) in [6, 6.07) is 9.36. The third-order valence-corrected chi connectivity index (χ3v) is 2.86. The van der Waals surface area contributed by atoms with Crippen molar-refractivity contribution in [2.75, 3.05) is 13.2 Å². The average Bonchev–Trinajstić information content (AvgIpc) is 2.54. The quantitative estimate of drug-likeness (QED) is 0.433. The molecule has 4 heteroatoms. The highest BCUT2D eigenvalue weighted by Gasteiger charge is 2.13. The number of hydrogen-bond donors (Lipinski definition) is 1. The van der Waals surface area contributed by atoms with Crippen molar-refractivity contribution in [2.24, 2.45) is 5.73 Å². The third-order valence-electron chi connectivity index (χ3n) is 2.86. The number of nitrogens with two attached hydrogens (primary N) is 1. The normalized spacial score (nSPS) is 12.9. The van der Waals surface area contributed by atoms with Gasteiger partial charge in [0.05, 0.1) is 12.9 Å². The summed E-state index contributed by atoms with van der Waals surface area (Å²) in [4.78, 5) is 11.3. The van der Waals surface area contributed by atoms with Crippen molar-refractivity contribution in [1.82, 2.24) is 0 Å². The van der Waals surface area contributed by atoms with Crippen LogP contribution in [0.4, 0.5) is 0 Å². The molecule has 0 spiro atoms. The van der Waals surface area contributed by atoms with Crippen LogP contribution in [-0.2, 0) is 20.7 Å². The predicted molar refractivity (Wildman–Crippen MR) is 88.1 cm³/mol. The molecule has 1 rings (SSSR count). The molecule has 22 heavy (non-hydrogen) atoms. The lowest BCUT2D eigenvalue weighted by Gasteiger charge is -2.09. The molecular formula is C18H23NO3. The second-order valence-electron chi connectivity index (χ2n) is 4.63. The minimum Gasteiger partial charge on any atom is -0.499 e. The van der Waals surface area contributed by atoms with E-state index in [4.69, 9.17) is 15.2 Å². The molecule has 0 bridgehead atoms. The number of benzene rings is 1. The largest absolute Gasteiger partial charge is 0.499 e. The van der Waals surface area contributed by atoms with E-state index in [1.165, 1.54) is 11.8 Å². The minimum atomic E-state index is -0.767. The fraction of sp³-hybridized carbons (Fsp3) is 0.278. The van der Waals surface area contributed by atoms with E-state index in [-0.39, 0.29) is 6.61 Å². The minimum absolute atomic E-state index is 0.0886. The van der Waals surface area contributed by atoms with Crippen LogP contribution in [0.1, 0.15) is 12.5 Å². The van der Waals surface area contributed by atoms with Crippen molar-refractivity contribution in [3.8, 4) is 0 Å². The molecule has 118 valence electrons. The Morgan fingerprint density at radius 2 is 2.09 bits per heavy atom. The van der Waals surface area contributed by atoms with Crippen molar-refractivity contribution in [2.45, 2.75) is 19.4 Å². The first-order chi connectivity index (χ1) is 10.7. The van der Waals surface area contributed by atoms with E-state index < -0.39 is 12.0 Å². The molecule has 0 aromatic heterocycles. The number of rotatable bonds is 9. The molecule has 1 aromatic carbocycles. The summed E-state index contributed by atoms with van der Waals surface area (Å²) in [5.41, 5.74) is 7.89. The lowest BCUT2D eigenvalue weighted by atomic mass is 10.1. The Morgan fingerprint density at radius 1 is 1.36 bits per heavy atom. The van der Waals surface area contributed by atoms with Gasteiger partial charge < -0.3 is 15.2 Å². The summed E-state index contributed by atoms with van der Waals surface area (Å²) in [7, 11) is 0. The maximum absolute atomic E-state index is 11.3. The van der Waals surface area contributed by atoms with E-state index in [1.54, 1.807) is 13.0 Å². The SMILES string of the molecule is C=C/C(=C\C=C\OCC(N)C(=O)OCC)Cc1ccccc1. The molecule has 0 heterocycles. The predicted octanol–water partition coefficient (Wildman–Crippen LogP) is 2.76. The van der Waals surface area contributed by atoms with Crippen molar-refractivity contribution < 1.29 is 14.3 Å². The van der Waals surface area contributed by atoms with Gasteiger partial charge in [0.15, 0.2) is 0 Å². The fourth-order valence-electron chi connectivity index (χ4n) is 1.73. The highest BCUT2D eigenvalue weighted by atomic mass is 16.5. The van der Waals surface area contributed by atoms with Crippen LogP contribution in [0, 0.1) is 0 Å². The van der Waals surface area contributed by atoms with E-state index in [2.05, 4.69) is 18.7 Å². The Kier molecular flexibility index (Phi) is 8.38. The van der Waals surface area contributed by atoms with Crippen LogP contribution in [0.5, 0.6) is 0 Å². The number of carbonyl (C=O) groups excluding carboxylic acids is 1. The Labute approximate surface area is 131 Å². The molecule has 1 atom stereocenters. The molecule has 0 radical (unpaired) electrons. The van der Waals surface area contributed by atoms with E-state index in [0.29, 0.717) is 6.61 Å². The maximum atomic E-state index is 11.3. The molecule has 0 saturated heterocycles. The van der Waals surface area contributed by atoms with Gasteiger partial charge in [-0.2, -0.15) is 0 Å². The molecule has 2 N–H and O–H groups in total. The molecule has 0 fully saturated rings. The number of esters is 1. The molecular weight excluding hydrogens is 278 g/mol. The van der Waals surface area contributed by atoms with Crippen molar-refractivity contribution in [3.63, 3.8) is 0 Å². The highest BCUT2D eigenvalue weighted by molar-refractivity contribution is 5.75. The summed E-state index contributed by atoms with van der Waals surface area (Å²) in [5, 5.41) is 0. The fourth-order valence-corrected chi connectivity index (χ4v) is 1.73. The first kappa shape index (κ1) is 17.7. The van der Waals surface area contributed by atoms with Crippen LogP contribution >= 0.6 is 0 Å². The van der Waals surface area contributed by atoms with Gasteiger partial charge in [-0.1, -0.05) is 49.1 Å². The van der Waals surface area contributed by atoms with Gasteiger partial charge in [0.1, 0.15) is 12.6 Å². The highest BCUT2D eigenvalue weighted by Crippen LogP contribution is 2.08. The van der Waals surface area contributed by atoms with Crippen LogP contribution in [0.3, 0.4) is 0 Å². The van der Waals surface area contributed by atoms with Gasteiger partial charge in [0.2, 0.25) is 0 Å². The molecule has 0 saturated carbocycles. The van der Waals surface area contributed by atoms with Gasteiger partial charge in [-0.05, 0) is 30.6 Å². The third kappa shape index (κ3) is 6.90. The van der Waals surface area contributed by atoms with Crippen LogP contribution in [0.2, 0.25) is 0 Å². The van der Waals surface area contributed by atoms with Crippen molar-refractivity contribution in [3.05, 3.63) is 72.5 Å². The van der Waals surface area contributed by atoms with Crippen molar-refractivity contribution in [1.29, 1.82) is 0 Å². The Bertz CT molecular complexity index is 520. The molecule has 0 aliphatic carbocycles. The number of ether oxygens (including phenoxy) is 2. The van der Waals surface area contributed by atoms with Gasteiger partial charge in [-0.25, -0.2) is 0 Å². The number of hydrogen-bond acceptors (Lipinski definition) is 4. The second kappa shape index (κ2) is 10.4. The lowest BCUT2D eigenvalue weighted by molar-refractivity contribution is -0.145. The molecule has 0 aliphatic rings. The lowest BCUT2D eigenvalue weighted by Crippen LogP contribution is -2.36. The number of carbonyl (C=O) groups is 1. The van der Waals surface area contributed by atoms with Gasteiger partial charge in [-0.15, -0.1) is 0 Å². The van der Waals surface area contributed by atoms with E-state index >= 15 is 0 Å². The molecule has 4 nitrogen and oxygen atoms in total. The van der Waals surface area contributed by atoms with Crippen LogP contribution in [0.15, 0.2) is 67.0 Å². The first-order valence-corrected chi connectivity index (χ1v) is 7.23. The molecule has 1 aromatic rings. The van der Waals surface area contributed by atoms with Gasteiger partial charge >= 0.3 is 5.97 Å². The molecule has 0 aliphatic heterocycles. The Morgan fingerprint density at radius 3 is 2.73 bits per heavy atom. The Balaban J connectivity index is 2.41. The monoisotopic (exact) mass is 301 g/mol. The van der Waals surface area contributed by atoms with E-state index in [9.17, 15) is 4.79 Å². The van der Waals surface area contributed by atoms with Crippen LogP contribution in [-0.4, -0.2) is 25.2 Å². The van der Waals surface area contributed by atoms with Gasteiger partial charge in [0.25, 0.3) is 0 Å². The van der Waals surface area contributed by atoms with Crippen LogP contribution < -0.4 is 5.73 Å². The summed E-state index contributed by atoms with van der Waals surface area (Å²) in [6.45, 7) is 5.94. The molecule has 0 amide bonds. The first-order valence-electron chi connectivity index (χ1n) is 7.23. The summed E-state index contributed by atoms with van der Waals surface area (Å²) >= 11 is 0. The topological polar surface area (TPSA) is 61.5 Å². The Hall–Kier alpha value is -2.33. The summed E-state index contributed by atoms with van der Waals surface area (Å²) in [5.74, 6) is -0.456. The van der Waals surface area contributed by atoms with E-state index in [0.717, 1.165) is 12.0 Å². The zero-order chi connectivity index (χ0) is 16.2. The average molecular weight is 301 g/mol. The zero-order valence-electron chi connectivity index (χ0n) is 12.9. The maximum Gasteiger partial charge on any atom is 0.326 e. The zero-order valence-corrected chi connectivity index (χ0v) is 12.9. The second-order valence-corrected chi connectivity index (χ2v) is 4.63. The van der Waals surface area contributed by atoms with Crippen molar-refractivity contribution >= 4 is 5.97 Å². The van der Waals surface area contributed by atoms with Gasteiger partial charge in [-0.3, -0.25) is 4.79 Å². The van der Waals surface area contributed by atoms with Crippen LogP contribution in [0.25, 0.3) is 0 Å². The number of allylic oxidation sites excluding steroid dienone is 4. The summed E-state index contributed by atoms with van der Waals surface area (Å²) in [6.07, 6.45) is 7.79. The van der Waals surface area contributed by atoms with E-state index in [1.807, 2.05) is 30.4 Å². The summed E-state index contributed by atoms with van der Waals surface area (Å²) < 4.78 is 10.0. The standard InChI is InChI=1S/C18H23NO3/c1-3-15(13-16-9-6-5-7-10-16)11-8-12-21-14-17(19)18(20)22-4-2/h3,5-12,17H,1,4,13-14,19H2,2H3/b12-8+,15-11+. The van der Waals surface area contributed by atoms with Gasteiger partial charge in [0, 0.05) is 0 Å². The molecule has 1 unspecified atom stereocenters. The smallest absolute Gasteiger partial charge is 0.326 e.